The first kappa shape index (κ1) is 13.5. The van der Waals surface area contributed by atoms with Crippen molar-refractivity contribution in [3.05, 3.63) is 18.2 Å². The summed E-state index contributed by atoms with van der Waals surface area (Å²) in [4.78, 5) is 4.18. The molecule has 0 spiro atoms. The van der Waals surface area contributed by atoms with Crippen molar-refractivity contribution < 1.29 is 4.43 Å². The van der Waals surface area contributed by atoms with Crippen LogP contribution in [0.25, 0.3) is 0 Å². The Balaban J connectivity index is 2.84. The molecule has 0 saturated heterocycles. The van der Waals surface area contributed by atoms with Crippen LogP contribution in [0.4, 0.5) is 0 Å². The van der Waals surface area contributed by atoms with Gasteiger partial charge in [0.1, 0.15) is 6.23 Å². The summed E-state index contributed by atoms with van der Waals surface area (Å²) in [6, 6.07) is 0. The molecule has 0 amide bonds. The number of aromatic nitrogens is 2. The maximum absolute atomic E-state index is 6.11. The summed E-state index contributed by atoms with van der Waals surface area (Å²) in [5.41, 5.74) is 1.44. The van der Waals surface area contributed by atoms with Gasteiger partial charge in [-0.1, -0.05) is 20.8 Å². The van der Waals surface area contributed by atoms with Gasteiger partial charge in [-0.15, -0.1) is 0 Å². The van der Waals surface area contributed by atoms with Crippen LogP contribution in [0.1, 0.15) is 39.1 Å². The van der Waals surface area contributed by atoms with Crippen LogP contribution >= 0.6 is 0 Å². The van der Waals surface area contributed by atoms with Crippen molar-refractivity contribution in [1.29, 1.82) is 0 Å². The average Bonchev–Trinajstić information content (AvgIpc) is 2.46. The molecular weight excluding hydrogens is 216 g/mol. The molecule has 1 unspecified atom stereocenters. The van der Waals surface area contributed by atoms with Crippen molar-refractivity contribution in [2.45, 2.75) is 53.4 Å². The standard InChI is InChI=1S/C12H24N2OSi/c1-10-8-13-9-14(10)11(15-16(5)6)7-12(2,3)4/h8-9,11,16H,7H2,1-6H3. The van der Waals surface area contributed by atoms with Crippen LogP contribution in [0, 0.1) is 12.3 Å². The second-order valence-electron chi connectivity index (χ2n) is 5.85. The van der Waals surface area contributed by atoms with Crippen LogP contribution in [-0.4, -0.2) is 18.6 Å². The van der Waals surface area contributed by atoms with Crippen LogP contribution < -0.4 is 0 Å². The minimum atomic E-state index is -1.03. The quantitative estimate of drug-likeness (QED) is 0.756. The molecule has 16 heavy (non-hydrogen) atoms. The normalized spacial score (nSPS) is 14.4. The highest BCUT2D eigenvalue weighted by Crippen LogP contribution is 2.29. The third-order valence-corrected chi connectivity index (χ3v) is 3.24. The molecule has 0 aliphatic heterocycles. The van der Waals surface area contributed by atoms with Gasteiger partial charge >= 0.3 is 0 Å². The first-order chi connectivity index (χ1) is 7.29. The Bertz CT molecular complexity index is 328. The van der Waals surface area contributed by atoms with Gasteiger partial charge in [0.05, 0.1) is 6.33 Å². The molecule has 3 nitrogen and oxygen atoms in total. The van der Waals surface area contributed by atoms with E-state index in [2.05, 4.69) is 50.3 Å². The zero-order chi connectivity index (χ0) is 12.3. The molecule has 1 rings (SSSR count). The number of imidazole rings is 1. The zero-order valence-electron chi connectivity index (χ0n) is 11.3. The number of rotatable bonds is 4. The molecule has 1 aromatic heterocycles. The van der Waals surface area contributed by atoms with Crippen molar-refractivity contribution in [3.8, 4) is 0 Å². The van der Waals surface area contributed by atoms with E-state index in [0.29, 0.717) is 0 Å². The maximum atomic E-state index is 6.11. The lowest BCUT2D eigenvalue weighted by molar-refractivity contribution is 0.0812. The summed E-state index contributed by atoms with van der Waals surface area (Å²) in [5.74, 6) is 0. The van der Waals surface area contributed by atoms with Crippen LogP contribution in [-0.2, 0) is 4.43 Å². The predicted octanol–water partition coefficient (Wildman–Crippen LogP) is 3.13. The minimum absolute atomic E-state index is 0.147. The molecule has 4 heteroatoms. The van der Waals surface area contributed by atoms with Gasteiger partial charge in [-0.2, -0.15) is 0 Å². The average molecular weight is 240 g/mol. The van der Waals surface area contributed by atoms with E-state index in [-0.39, 0.29) is 11.6 Å². The first-order valence-corrected chi connectivity index (χ1v) is 8.71. The monoisotopic (exact) mass is 240 g/mol. The third-order valence-electron chi connectivity index (χ3n) is 2.39. The van der Waals surface area contributed by atoms with Crippen LogP contribution in [0.2, 0.25) is 13.1 Å². The van der Waals surface area contributed by atoms with Gasteiger partial charge in [-0.05, 0) is 31.9 Å². The topological polar surface area (TPSA) is 27.1 Å². The van der Waals surface area contributed by atoms with Gasteiger partial charge in [0, 0.05) is 11.9 Å². The second kappa shape index (κ2) is 5.14. The maximum Gasteiger partial charge on any atom is 0.173 e. The lowest BCUT2D eigenvalue weighted by Gasteiger charge is -2.29. The zero-order valence-corrected chi connectivity index (χ0v) is 12.5. The molecule has 1 atom stereocenters. The fraction of sp³-hybridized carbons (Fsp3) is 0.750. The van der Waals surface area contributed by atoms with E-state index >= 15 is 0 Å². The summed E-state index contributed by atoms with van der Waals surface area (Å²) in [6.45, 7) is 13.2. The lowest BCUT2D eigenvalue weighted by atomic mass is 9.91. The Kier molecular flexibility index (Phi) is 4.33. The van der Waals surface area contributed by atoms with Crippen molar-refractivity contribution >= 4 is 9.04 Å². The van der Waals surface area contributed by atoms with Gasteiger partial charge in [-0.3, -0.25) is 0 Å². The van der Waals surface area contributed by atoms with Crippen LogP contribution in [0.15, 0.2) is 12.5 Å². The van der Waals surface area contributed by atoms with Gasteiger partial charge in [0.15, 0.2) is 9.04 Å². The molecule has 0 radical (unpaired) electrons. The highest BCUT2D eigenvalue weighted by Gasteiger charge is 2.22. The minimum Gasteiger partial charge on any atom is -0.401 e. The number of nitrogens with zero attached hydrogens (tertiary/aromatic N) is 2. The predicted molar refractivity (Wildman–Crippen MR) is 70.0 cm³/mol. The lowest BCUT2D eigenvalue weighted by Crippen LogP contribution is -2.24. The molecule has 0 aromatic carbocycles. The highest BCUT2D eigenvalue weighted by molar-refractivity contribution is 6.48. The molecule has 1 heterocycles. The van der Waals surface area contributed by atoms with E-state index in [4.69, 9.17) is 4.43 Å². The summed E-state index contributed by atoms with van der Waals surface area (Å²) >= 11 is 0. The molecule has 0 aliphatic carbocycles. The fourth-order valence-corrected chi connectivity index (χ4v) is 2.58. The van der Waals surface area contributed by atoms with E-state index in [1.54, 1.807) is 0 Å². The Labute approximate surface area is 101 Å². The summed E-state index contributed by atoms with van der Waals surface area (Å²) in [6.07, 6.45) is 4.94. The van der Waals surface area contributed by atoms with Gasteiger partial charge in [0.25, 0.3) is 0 Å². The van der Waals surface area contributed by atoms with Crippen LogP contribution in [0.5, 0.6) is 0 Å². The Morgan fingerprint density at radius 1 is 1.44 bits per heavy atom. The first-order valence-electron chi connectivity index (χ1n) is 5.93. The fourth-order valence-electron chi connectivity index (χ4n) is 1.72. The summed E-state index contributed by atoms with van der Waals surface area (Å²) in [7, 11) is -1.03. The van der Waals surface area contributed by atoms with E-state index < -0.39 is 9.04 Å². The van der Waals surface area contributed by atoms with Crippen molar-refractivity contribution in [2.75, 3.05) is 0 Å². The number of hydrogen-bond acceptors (Lipinski definition) is 2. The SMILES string of the molecule is Cc1cncn1C(CC(C)(C)C)O[SiH](C)C. The van der Waals surface area contributed by atoms with E-state index in [9.17, 15) is 0 Å². The van der Waals surface area contributed by atoms with Gasteiger partial charge in [-0.25, -0.2) is 4.98 Å². The van der Waals surface area contributed by atoms with Crippen molar-refractivity contribution in [2.24, 2.45) is 5.41 Å². The Morgan fingerprint density at radius 3 is 2.44 bits per heavy atom. The second-order valence-corrected chi connectivity index (χ2v) is 8.22. The Morgan fingerprint density at radius 2 is 2.06 bits per heavy atom. The van der Waals surface area contributed by atoms with Crippen molar-refractivity contribution in [1.82, 2.24) is 9.55 Å². The van der Waals surface area contributed by atoms with E-state index in [1.807, 2.05) is 12.5 Å². The van der Waals surface area contributed by atoms with E-state index in [0.717, 1.165) is 6.42 Å². The van der Waals surface area contributed by atoms with Crippen molar-refractivity contribution in [3.63, 3.8) is 0 Å². The summed E-state index contributed by atoms with van der Waals surface area (Å²) < 4.78 is 8.26. The van der Waals surface area contributed by atoms with Gasteiger partial charge < -0.3 is 8.99 Å². The van der Waals surface area contributed by atoms with Gasteiger partial charge in [0.2, 0.25) is 0 Å². The summed E-state index contributed by atoms with van der Waals surface area (Å²) in [5, 5.41) is 0. The molecule has 0 fully saturated rings. The van der Waals surface area contributed by atoms with Crippen LogP contribution in [0.3, 0.4) is 0 Å². The number of hydrogen-bond donors (Lipinski definition) is 0. The molecule has 92 valence electrons. The molecule has 1 aromatic rings. The largest absolute Gasteiger partial charge is 0.401 e. The molecule has 0 bridgehead atoms. The molecule has 0 aliphatic rings. The third kappa shape index (κ3) is 4.10. The highest BCUT2D eigenvalue weighted by atomic mass is 28.3. The Hall–Kier alpha value is -0.613. The molecule has 0 saturated carbocycles. The smallest absolute Gasteiger partial charge is 0.173 e. The molecule has 0 N–H and O–H groups in total. The number of aryl methyl sites for hydroxylation is 1. The molecular formula is C12H24N2OSi. The van der Waals surface area contributed by atoms with E-state index in [1.165, 1.54) is 5.69 Å².